The summed E-state index contributed by atoms with van der Waals surface area (Å²) in [6, 6.07) is 18.0. The maximum atomic E-state index is 13.0. The summed E-state index contributed by atoms with van der Waals surface area (Å²) in [5.41, 5.74) is 2.02. The summed E-state index contributed by atoms with van der Waals surface area (Å²) >= 11 is 3.57. The third-order valence-electron chi connectivity index (χ3n) is 6.12. The number of likely N-dealkylation sites (tertiary alicyclic amines) is 1. The second kappa shape index (κ2) is 10.0. The first-order chi connectivity index (χ1) is 15.1. The zero-order chi connectivity index (χ0) is 21.7. The lowest BCUT2D eigenvalue weighted by atomic mass is 10.0. The maximum absolute atomic E-state index is 13.0. The SMILES string of the molecule is CSc1ccc(NC(=O)N2CCC3(CC2)SCCN3C(=O)CCc2ccccc2)cc1. The summed E-state index contributed by atoms with van der Waals surface area (Å²) in [6.45, 7) is 2.15. The molecule has 0 aromatic heterocycles. The minimum atomic E-state index is -0.148. The Balaban J connectivity index is 1.31. The van der Waals surface area contributed by atoms with Gasteiger partial charge in [0.15, 0.2) is 0 Å². The fourth-order valence-electron chi connectivity index (χ4n) is 4.34. The molecule has 0 bridgehead atoms. The lowest BCUT2D eigenvalue weighted by Gasteiger charge is -2.44. The number of hydrogen-bond donors (Lipinski definition) is 1. The standard InChI is InChI=1S/C24H29N3O2S2/c1-30-21-10-8-20(9-11-21)25-23(29)26-15-13-24(14-16-26)27(17-18-31-24)22(28)12-7-19-5-3-2-4-6-19/h2-6,8-11H,7,12-18H2,1H3,(H,25,29). The van der Waals surface area contributed by atoms with Crippen molar-refractivity contribution in [3.8, 4) is 0 Å². The lowest BCUT2D eigenvalue weighted by molar-refractivity contribution is -0.134. The molecule has 2 aromatic carbocycles. The van der Waals surface area contributed by atoms with Crippen LogP contribution in [0, 0.1) is 0 Å². The van der Waals surface area contributed by atoms with Crippen LogP contribution in [-0.2, 0) is 11.2 Å². The average Bonchev–Trinajstić information content (AvgIpc) is 3.22. The summed E-state index contributed by atoms with van der Waals surface area (Å²) in [6.07, 6.45) is 5.01. The van der Waals surface area contributed by atoms with Crippen LogP contribution in [-0.4, -0.2) is 58.3 Å². The molecule has 0 aliphatic carbocycles. The summed E-state index contributed by atoms with van der Waals surface area (Å²) in [5.74, 6) is 1.21. The van der Waals surface area contributed by atoms with E-state index in [4.69, 9.17) is 0 Å². The second-order valence-electron chi connectivity index (χ2n) is 7.97. The van der Waals surface area contributed by atoms with Gasteiger partial charge in [-0.2, -0.15) is 0 Å². The molecular weight excluding hydrogens is 426 g/mol. The molecule has 4 rings (SSSR count). The molecular formula is C24H29N3O2S2. The van der Waals surface area contributed by atoms with Gasteiger partial charge in [-0.25, -0.2) is 4.79 Å². The number of amides is 3. The largest absolute Gasteiger partial charge is 0.327 e. The number of urea groups is 1. The van der Waals surface area contributed by atoms with E-state index in [1.54, 1.807) is 11.8 Å². The number of benzene rings is 2. The van der Waals surface area contributed by atoms with Gasteiger partial charge in [-0.05, 0) is 55.3 Å². The number of carbonyl (C=O) groups is 2. The van der Waals surface area contributed by atoms with E-state index in [2.05, 4.69) is 22.3 Å². The van der Waals surface area contributed by atoms with Crippen molar-refractivity contribution in [3.05, 3.63) is 60.2 Å². The van der Waals surface area contributed by atoms with Gasteiger partial charge < -0.3 is 15.1 Å². The van der Waals surface area contributed by atoms with Crippen LogP contribution in [0.5, 0.6) is 0 Å². The highest BCUT2D eigenvalue weighted by Crippen LogP contribution is 2.44. The molecule has 2 heterocycles. The van der Waals surface area contributed by atoms with Gasteiger partial charge in [0.25, 0.3) is 0 Å². The Kier molecular flexibility index (Phi) is 7.13. The Morgan fingerprint density at radius 1 is 1.03 bits per heavy atom. The predicted molar refractivity (Wildman–Crippen MR) is 130 cm³/mol. The van der Waals surface area contributed by atoms with Crippen molar-refractivity contribution in [3.63, 3.8) is 0 Å². The molecule has 31 heavy (non-hydrogen) atoms. The summed E-state index contributed by atoms with van der Waals surface area (Å²) in [4.78, 5) is 30.7. The van der Waals surface area contributed by atoms with E-state index < -0.39 is 0 Å². The first-order valence-electron chi connectivity index (χ1n) is 10.8. The van der Waals surface area contributed by atoms with Crippen LogP contribution in [0.3, 0.4) is 0 Å². The Morgan fingerprint density at radius 2 is 1.74 bits per heavy atom. The highest BCUT2D eigenvalue weighted by Gasteiger charge is 2.46. The van der Waals surface area contributed by atoms with E-state index in [9.17, 15) is 9.59 Å². The number of anilines is 1. The number of nitrogens with zero attached hydrogens (tertiary/aromatic N) is 2. The van der Waals surface area contributed by atoms with Gasteiger partial charge >= 0.3 is 6.03 Å². The van der Waals surface area contributed by atoms with Crippen LogP contribution >= 0.6 is 23.5 Å². The van der Waals surface area contributed by atoms with Crippen molar-refractivity contribution in [2.45, 2.75) is 35.4 Å². The number of thioether (sulfide) groups is 2. The van der Waals surface area contributed by atoms with Crippen molar-refractivity contribution >= 4 is 41.1 Å². The molecule has 3 amide bonds. The number of hydrogen-bond acceptors (Lipinski definition) is 4. The van der Waals surface area contributed by atoms with Gasteiger partial charge in [-0.1, -0.05) is 30.3 Å². The van der Waals surface area contributed by atoms with Gasteiger partial charge in [0.1, 0.15) is 0 Å². The van der Waals surface area contributed by atoms with Crippen molar-refractivity contribution < 1.29 is 9.59 Å². The quantitative estimate of drug-likeness (QED) is 0.649. The van der Waals surface area contributed by atoms with E-state index in [1.165, 1.54) is 10.5 Å². The molecule has 1 spiro atoms. The van der Waals surface area contributed by atoms with Crippen LogP contribution < -0.4 is 5.32 Å². The van der Waals surface area contributed by atoms with Crippen LogP contribution in [0.15, 0.2) is 59.5 Å². The number of rotatable bonds is 5. The molecule has 5 nitrogen and oxygen atoms in total. The smallest absolute Gasteiger partial charge is 0.321 e. The molecule has 1 N–H and O–H groups in total. The highest BCUT2D eigenvalue weighted by molar-refractivity contribution is 8.00. The normalized spacial score (nSPS) is 17.7. The monoisotopic (exact) mass is 455 g/mol. The van der Waals surface area contributed by atoms with E-state index >= 15 is 0 Å². The van der Waals surface area contributed by atoms with Crippen LogP contribution in [0.1, 0.15) is 24.8 Å². The van der Waals surface area contributed by atoms with Crippen molar-refractivity contribution in [2.75, 3.05) is 37.0 Å². The van der Waals surface area contributed by atoms with Gasteiger partial charge in [0.05, 0.1) is 4.87 Å². The lowest BCUT2D eigenvalue weighted by Crippen LogP contribution is -2.54. The molecule has 0 saturated carbocycles. The molecule has 2 aliphatic heterocycles. The molecule has 164 valence electrons. The number of carbonyl (C=O) groups excluding carboxylic acids is 2. The van der Waals surface area contributed by atoms with Crippen molar-refractivity contribution in [1.82, 2.24) is 9.80 Å². The van der Waals surface area contributed by atoms with E-state index in [0.717, 1.165) is 37.2 Å². The minimum Gasteiger partial charge on any atom is -0.327 e. The fourth-order valence-corrected chi connectivity index (χ4v) is 6.22. The number of aryl methyl sites for hydroxylation is 1. The Labute approximate surface area is 192 Å². The van der Waals surface area contributed by atoms with Gasteiger partial charge in [-0.15, -0.1) is 23.5 Å². The number of nitrogens with one attached hydrogen (secondary N) is 1. The second-order valence-corrected chi connectivity index (χ2v) is 10.3. The van der Waals surface area contributed by atoms with Crippen molar-refractivity contribution in [1.29, 1.82) is 0 Å². The third-order valence-corrected chi connectivity index (χ3v) is 8.42. The molecule has 0 radical (unpaired) electrons. The molecule has 2 saturated heterocycles. The Morgan fingerprint density at radius 3 is 2.42 bits per heavy atom. The fraction of sp³-hybridized carbons (Fsp3) is 0.417. The molecule has 2 fully saturated rings. The Hall–Kier alpha value is -2.12. The zero-order valence-corrected chi connectivity index (χ0v) is 19.5. The first-order valence-corrected chi connectivity index (χ1v) is 13.0. The number of piperidine rings is 1. The molecule has 7 heteroatoms. The Bertz CT molecular complexity index is 897. The van der Waals surface area contributed by atoms with Gasteiger partial charge in [0.2, 0.25) is 5.91 Å². The zero-order valence-electron chi connectivity index (χ0n) is 17.9. The molecule has 0 atom stereocenters. The van der Waals surface area contributed by atoms with Gasteiger partial charge in [0, 0.05) is 42.4 Å². The molecule has 2 aliphatic rings. The summed E-state index contributed by atoms with van der Waals surface area (Å²) < 4.78 is 0. The van der Waals surface area contributed by atoms with Gasteiger partial charge in [-0.3, -0.25) is 4.79 Å². The summed E-state index contributed by atoms with van der Waals surface area (Å²) in [7, 11) is 0. The average molecular weight is 456 g/mol. The third kappa shape index (κ3) is 5.21. The van der Waals surface area contributed by atoms with E-state index in [1.807, 2.05) is 65.4 Å². The minimum absolute atomic E-state index is 0.0586. The maximum Gasteiger partial charge on any atom is 0.321 e. The first kappa shape index (κ1) is 22.1. The van der Waals surface area contributed by atoms with Crippen LogP contribution in [0.4, 0.5) is 10.5 Å². The molecule has 2 aromatic rings. The highest BCUT2D eigenvalue weighted by atomic mass is 32.2. The summed E-state index contributed by atoms with van der Waals surface area (Å²) in [5, 5.41) is 3.00. The van der Waals surface area contributed by atoms with Crippen molar-refractivity contribution in [2.24, 2.45) is 0 Å². The van der Waals surface area contributed by atoms with E-state index in [-0.39, 0.29) is 16.8 Å². The topological polar surface area (TPSA) is 52.7 Å². The van der Waals surface area contributed by atoms with E-state index in [0.29, 0.717) is 19.5 Å². The molecule has 0 unspecified atom stereocenters. The predicted octanol–water partition coefficient (Wildman–Crippen LogP) is 4.94. The van der Waals surface area contributed by atoms with Crippen LogP contribution in [0.25, 0.3) is 0 Å². The van der Waals surface area contributed by atoms with Crippen LogP contribution in [0.2, 0.25) is 0 Å².